The van der Waals surface area contributed by atoms with Crippen LogP contribution in [0.15, 0.2) is 0 Å². The lowest BCUT2D eigenvalue weighted by atomic mass is 9.98. The van der Waals surface area contributed by atoms with Crippen molar-refractivity contribution in [1.29, 1.82) is 0 Å². The average molecular weight is 632 g/mol. The summed E-state index contributed by atoms with van der Waals surface area (Å²) in [6.07, 6.45) is 7.70. The normalized spacial score (nSPS) is 22.4. The maximum Gasteiger partial charge on any atom is 0.306 e. The van der Waals surface area contributed by atoms with Gasteiger partial charge in [-0.05, 0) is 19.3 Å². The van der Waals surface area contributed by atoms with Crippen molar-refractivity contribution in [3.05, 3.63) is 0 Å². The monoisotopic (exact) mass is 631 g/mol. The van der Waals surface area contributed by atoms with Gasteiger partial charge in [0.1, 0.15) is 31.0 Å². The van der Waals surface area contributed by atoms with Gasteiger partial charge in [0.15, 0.2) is 12.4 Å². The quantitative estimate of drug-likeness (QED) is 0.0792. The molecular formula is C33H61NO10. The van der Waals surface area contributed by atoms with Crippen molar-refractivity contribution in [2.45, 2.75) is 173 Å². The largest absolute Gasteiger partial charge is 0.462 e. The molecule has 1 aliphatic heterocycles. The molecule has 0 aromatic rings. The second-order valence-electron chi connectivity index (χ2n) is 11.9. The third-order valence-electron chi connectivity index (χ3n) is 7.82. The minimum Gasteiger partial charge on any atom is -0.462 e. The highest BCUT2D eigenvalue weighted by atomic mass is 16.7. The fourth-order valence-corrected chi connectivity index (χ4v) is 4.98. The summed E-state index contributed by atoms with van der Waals surface area (Å²) in [6.45, 7) is 5.80. The van der Waals surface area contributed by atoms with E-state index in [1.54, 1.807) is 0 Å². The van der Waals surface area contributed by atoms with Crippen LogP contribution in [0.1, 0.15) is 136 Å². The number of rotatable bonds is 26. The van der Waals surface area contributed by atoms with Crippen LogP contribution in [0.3, 0.4) is 0 Å². The SMILES string of the molecule is CCCCCCCC(=O)NC[C@H]1O[C@H](OC[C@@H](COC(=O)CCCCCCC)OC(=O)CCCCCCC)[C@@H](O)[C@@H](O)[C@@H]1O. The van der Waals surface area contributed by atoms with Gasteiger partial charge in [0.05, 0.1) is 6.61 Å². The van der Waals surface area contributed by atoms with Gasteiger partial charge >= 0.3 is 11.9 Å². The van der Waals surface area contributed by atoms with Crippen molar-refractivity contribution >= 4 is 17.8 Å². The molecule has 258 valence electrons. The molecule has 0 bridgehead atoms. The number of ether oxygens (including phenoxy) is 4. The minimum absolute atomic E-state index is 0.0785. The first kappa shape index (κ1) is 40.2. The van der Waals surface area contributed by atoms with Gasteiger partial charge < -0.3 is 39.6 Å². The molecular weight excluding hydrogens is 570 g/mol. The predicted octanol–water partition coefficient (Wildman–Crippen LogP) is 4.46. The van der Waals surface area contributed by atoms with E-state index in [0.29, 0.717) is 12.8 Å². The molecule has 44 heavy (non-hydrogen) atoms. The highest BCUT2D eigenvalue weighted by Gasteiger charge is 2.44. The van der Waals surface area contributed by atoms with Crippen molar-refractivity contribution in [1.82, 2.24) is 5.32 Å². The molecule has 1 amide bonds. The van der Waals surface area contributed by atoms with Crippen molar-refractivity contribution < 1.29 is 48.7 Å². The number of hydrogen-bond donors (Lipinski definition) is 4. The molecule has 1 aliphatic rings. The number of esters is 2. The zero-order chi connectivity index (χ0) is 32.6. The first-order valence-corrected chi connectivity index (χ1v) is 17.2. The van der Waals surface area contributed by atoms with Gasteiger partial charge in [-0.2, -0.15) is 0 Å². The summed E-state index contributed by atoms with van der Waals surface area (Å²) in [5, 5.41) is 34.1. The predicted molar refractivity (Wildman–Crippen MR) is 167 cm³/mol. The van der Waals surface area contributed by atoms with Crippen LogP contribution < -0.4 is 5.32 Å². The van der Waals surface area contributed by atoms with Crippen LogP contribution in [0.5, 0.6) is 0 Å². The van der Waals surface area contributed by atoms with Gasteiger partial charge in [-0.25, -0.2) is 0 Å². The van der Waals surface area contributed by atoms with Crippen molar-refractivity contribution in [2.24, 2.45) is 0 Å². The number of carbonyl (C=O) groups excluding carboxylic acids is 3. The second kappa shape index (κ2) is 25.4. The Morgan fingerprint density at radius 1 is 0.659 bits per heavy atom. The summed E-state index contributed by atoms with van der Waals surface area (Å²) < 4.78 is 22.4. The van der Waals surface area contributed by atoms with E-state index in [0.717, 1.165) is 89.9 Å². The number of hydrogen-bond acceptors (Lipinski definition) is 10. The van der Waals surface area contributed by atoms with Gasteiger partial charge in [-0.1, -0.05) is 97.8 Å². The van der Waals surface area contributed by atoms with Gasteiger partial charge in [0.2, 0.25) is 5.91 Å². The van der Waals surface area contributed by atoms with Crippen molar-refractivity contribution in [2.75, 3.05) is 19.8 Å². The first-order valence-electron chi connectivity index (χ1n) is 17.2. The fraction of sp³-hybridized carbons (Fsp3) is 0.909. The number of nitrogens with one attached hydrogen (secondary N) is 1. The van der Waals surface area contributed by atoms with E-state index in [2.05, 4.69) is 26.1 Å². The van der Waals surface area contributed by atoms with E-state index in [1.165, 1.54) is 0 Å². The van der Waals surface area contributed by atoms with Crippen molar-refractivity contribution in [3.63, 3.8) is 0 Å². The van der Waals surface area contributed by atoms with Crippen LogP contribution in [0, 0.1) is 0 Å². The molecule has 6 atom stereocenters. The lowest BCUT2D eigenvalue weighted by Gasteiger charge is -2.40. The molecule has 1 rings (SSSR count). The van der Waals surface area contributed by atoms with Crippen LogP contribution in [0.4, 0.5) is 0 Å². The summed E-state index contributed by atoms with van der Waals surface area (Å²) in [7, 11) is 0. The summed E-state index contributed by atoms with van der Waals surface area (Å²) >= 11 is 0. The van der Waals surface area contributed by atoms with Gasteiger partial charge in [-0.3, -0.25) is 14.4 Å². The molecule has 0 unspecified atom stereocenters. The van der Waals surface area contributed by atoms with Gasteiger partial charge in [0, 0.05) is 25.8 Å². The second-order valence-corrected chi connectivity index (χ2v) is 11.9. The first-order chi connectivity index (χ1) is 21.2. The molecule has 0 spiro atoms. The lowest BCUT2D eigenvalue weighted by Crippen LogP contribution is -2.60. The Morgan fingerprint density at radius 3 is 1.75 bits per heavy atom. The summed E-state index contributed by atoms with van der Waals surface area (Å²) in [4.78, 5) is 37.1. The maximum atomic E-state index is 12.5. The topological polar surface area (TPSA) is 161 Å². The van der Waals surface area contributed by atoms with Crippen LogP contribution in [0.25, 0.3) is 0 Å². The van der Waals surface area contributed by atoms with Crippen LogP contribution in [-0.4, -0.2) is 89.7 Å². The molecule has 1 saturated heterocycles. The van der Waals surface area contributed by atoms with E-state index in [9.17, 15) is 29.7 Å². The molecule has 0 radical (unpaired) electrons. The van der Waals surface area contributed by atoms with Gasteiger partial charge in [0.25, 0.3) is 0 Å². The van der Waals surface area contributed by atoms with Crippen LogP contribution >= 0.6 is 0 Å². The summed E-state index contributed by atoms with van der Waals surface area (Å²) in [5.41, 5.74) is 0. The Morgan fingerprint density at radius 2 is 1.18 bits per heavy atom. The fourth-order valence-electron chi connectivity index (χ4n) is 4.98. The molecule has 0 aromatic heterocycles. The lowest BCUT2D eigenvalue weighted by molar-refractivity contribution is -0.299. The molecule has 0 aliphatic carbocycles. The smallest absolute Gasteiger partial charge is 0.306 e. The average Bonchev–Trinajstić information content (AvgIpc) is 3.01. The van der Waals surface area contributed by atoms with E-state index in [4.69, 9.17) is 18.9 Å². The highest BCUT2D eigenvalue weighted by molar-refractivity contribution is 5.75. The van der Waals surface area contributed by atoms with Crippen molar-refractivity contribution in [3.8, 4) is 0 Å². The third-order valence-corrected chi connectivity index (χ3v) is 7.82. The Labute approximate surface area is 264 Å². The van der Waals surface area contributed by atoms with Crippen LogP contribution in [-0.2, 0) is 33.3 Å². The standard InChI is InChI=1S/C33H61NO10/c1-4-7-10-13-16-19-27(35)34-22-26-30(38)31(39)32(40)33(44-26)42-24-25(43-29(37)21-18-15-12-9-6-3)23-41-28(36)20-17-14-11-8-5-2/h25-26,30-33,38-40H,4-24H2,1-3H3,(H,34,35)/t25-,26-,30-,31+,32+,33+/m1/s1. The summed E-state index contributed by atoms with van der Waals surface area (Å²) in [5.74, 6) is -1.03. The molecule has 1 fully saturated rings. The van der Waals surface area contributed by atoms with E-state index in [1.807, 2.05) is 0 Å². The number of carbonyl (C=O) groups is 3. The molecule has 11 nitrogen and oxygen atoms in total. The Bertz CT molecular complexity index is 767. The maximum absolute atomic E-state index is 12.5. The molecule has 0 aromatic carbocycles. The van der Waals surface area contributed by atoms with Gasteiger partial charge in [-0.15, -0.1) is 0 Å². The Kier molecular flexibility index (Phi) is 23.2. The summed E-state index contributed by atoms with van der Waals surface area (Å²) in [6, 6.07) is 0. The van der Waals surface area contributed by atoms with E-state index >= 15 is 0 Å². The Balaban J connectivity index is 2.67. The molecule has 0 saturated carbocycles. The van der Waals surface area contributed by atoms with E-state index in [-0.39, 0.29) is 38.5 Å². The number of unbranched alkanes of at least 4 members (excludes halogenated alkanes) is 12. The molecule has 1 heterocycles. The molecule has 4 N–H and O–H groups in total. The van der Waals surface area contributed by atoms with E-state index < -0.39 is 48.7 Å². The Hall–Kier alpha value is -1.79. The minimum atomic E-state index is -1.59. The van der Waals surface area contributed by atoms with Crippen LogP contribution in [0.2, 0.25) is 0 Å². The zero-order valence-electron chi connectivity index (χ0n) is 27.5. The highest BCUT2D eigenvalue weighted by Crippen LogP contribution is 2.22. The number of aliphatic hydroxyl groups excluding tert-OH is 3. The number of amides is 1. The zero-order valence-corrected chi connectivity index (χ0v) is 27.5. The number of aliphatic hydroxyl groups is 3. The molecule has 11 heteroatoms. The third kappa shape index (κ3) is 18.2.